The van der Waals surface area contributed by atoms with E-state index < -0.39 is 0 Å². The SMILES string of the molecule is CNCC1CCN(c2nc3ccc(F)cc3[nH]2)C1. The normalized spacial score (nSPS) is 19.9. The summed E-state index contributed by atoms with van der Waals surface area (Å²) in [5.74, 6) is 1.29. The monoisotopic (exact) mass is 248 g/mol. The van der Waals surface area contributed by atoms with Gasteiger partial charge in [0.1, 0.15) is 5.82 Å². The second-order valence-electron chi connectivity index (χ2n) is 4.88. The van der Waals surface area contributed by atoms with E-state index in [4.69, 9.17) is 0 Å². The fourth-order valence-electron chi connectivity index (χ4n) is 2.60. The maximum absolute atomic E-state index is 13.1. The second kappa shape index (κ2) is 4.57. The van der Waals surface area contributed by atoms with Crippen molar-refractivity contribution in [2.75, 3.05) is 31.6 Å². The standard InChI is InChI=1S/C13H17FN4/c1-15-7-9-4-5-18(8-9)13-16-11-3-2-10(14)6-12(11)17-13/h2-3,6,9,15H,4-5,7-8H2,1H3,(H,16,17). The molecule has 0 amide bonds. The molecule has 2 aromatic rings. The van der Waals surface area contributed by atoms with Gasteiger partial charge in [-0.05, 0) is 44.1 Å². The van der Waals surface area contributed by atoms with Crippen LogP contribution in [0.1, 0.15) is 6.42 Å². The van der Waals surface area contributed by atoms with Crippen molar-refractivity contribution in [3.8, 4) is 0 Å². The number of anilines is 1. The Hall–Kier alpha value is -1.62. The minimum atomic E-state index is -0.229. The minimum absolute atomic E-state index is 0.229. The Morgan fingerprint density at radius 1 is 1.56 bits per heavy atom. The van der Waals surface area contributed by atoms with Crippen LogP contribution in [0.5, 0.6) is 0 Å². The molecule has 96 valence electrons. The highest BCUT2D eigenvalue weighted by atomic mass is 19.1. The number of nitrogens with zero attached hydrogens (tertiary/aromatic N) is 2. The summed E-state index contributed by atoms with van der Waals surface area (Å²) in [4.78, 5) is 9.95. The lowest BCUT2D eigenvalue weighted by molar-refractivity contribution is 0.548. The summed E-state index contributed by atoms with van der Waals surface area (Å²) in [6, 6.07) is 4.65. The zero-order valence-electron chi connectivity index (χ0n) is 10.4. The highest BCUT2D eigenvalue weighted by Gasteiger charge is 2.23. The van der Waals surface area contributed by atoms with E-state index in [1.165, 1.54) is 18.6 Å². The molecule has 1 saturated heterocycles. The van der Waals surface area contributed by atoms with Crippen LogP contribution in [0.15, 0.2) is 18.2 Å². The van der Waals surface area contributed by atoms with Crippen molar-refractivity contribution in [2.24, 2.45) is 5.92 Å². The van der Waals surface area contributed by atoms with Gasteiger partial charge in [0.15, 0.2) is 0 Å². The molecule has 1 fully saturated rings. The molecule has 18 heavy (non-hydrogen) atoms. The van der Waals surface area contributed by atoms with Gasteiger partial charge in [0.05, 0.1) is 11.0 Å². The van der Waals surface area contributed by atoms with Gasteiger partial charge in [-0.25, -0.2) is 9.37 Å². The Morgan fingerprint density at radius 3 is 3.28 bits per heavy atom. The Balaban J connectivity index is 1.82. The first-order valence-corrected chi connectivity index (χ1v) is 6.31. The van der Waals surface area contributed by atoms with E-state index in [-0.39, 0.29) is 5.82 Å². The van der Waals surface area contributed by atoms with Crippen LogP contribution in [0, 0.1) is 11.7 Å². The maximum Gasteiger partial charge on any atom is 0.203 e. The molecular weight excluding hydrogens is 231 g/mol. The number of imidazole rings is 1. The largest absolute Gasteiger partial charge is 0.342 e. The first-order chi connectivity index (χ1) is 8.76. The van der Waals surface area contributed by atoms with Crippen LogP contribution in [0.2, 0.25) is 0 Å². The lowest BCUT2D eigenvalue weighted by atomic mass is 10.1. The van der Waals surface area contributed by atoms with Crippen LogP contribution in [0.3, 0.4) is 0 Å². The van der Waals surface area contributed by atoms with Gasteiger partial charge in [-0.3, -0.25) is 0 Å². The summed E-state index contributed by atoms with van der Waals surface area (Å²) in [6.45, 7) is 3.04. The average Bonchev–Trinajstić information content (AvgIpc) is 2.94. The molecular formula is C13H17FN4. The lowest BCUT2D eigenvalue weighted by Gasteiger charge is -2.14. The zero-order valence-corrected chi connectivity index (χ0v) is 10.4. The summed E-state index contributed by atoms with van der Waals surface area (Å²) in [5.41, 5.74) is 1.59. The summed E-state index contributed by atoms with van der Waals surface area (Å²) >= 11 is 0. The van der Waals surface area contributed by atoms with Gasteiger partial charge in [-0.2, -0.15) is 0 Å². The number of hydrogen-bond donors (Lipinski definition) is 2. The minimum Gasteiger partial charge on any atom is -0.342 e. The number of aromatic amines is 1. The molecule has 1 unspecified atom stereocenters. The van der Waals surface area contributed by atoms with Crippen molar-refractivity contribution in [3.05, 3.63) is 24.0 Å². The summed E-state index contributed by atoms with van der Waals surface area (Å²) < 4.78 is 13.1. The summed E-state index contributed by atoms with van der Waals surface area (Å²) in [6.07, 6.45) is 1.17. The number of nitrogens with one attached hydrogen (secondary N) is 2. The average molecular weight is 248 g/mol. The zero-order chi connectivity index (χ0) is 12.5. The van der Waals surface area contributed by atoms with Gasteiger partial charge in [-0.1, -0.05) is 0 Å². The van der Waals surface area contributed by atoms with Gasteiger partial charge in [-0.15, -0.1) is 0 Å². The Kier molecular flexibility index (Phi) is 2.91. The second-order valence-corrected chi connectivity index (χ2v) is 4.88. The number of fused-ring (bicyclic) bond motifs is 1. The Labute approximate surface area is 105 Å². The predicted molar refractivity (Wildman–Crippen MR) is 70.3 cm³/mol. The van der Waals surface area contributed by atoms with Crippen molar-refractivity contribution < 1.29 is 4.39 Å². The van der Waals surface area contributed by atoms with Crippen molar-refractivity contribution in [1.29, 1.82) is 0 Å². The molecule has 0 bridgehead atoms. The van der Waals surface area contributed by atoms with E-state index in [1.807, 2.05) is 7.05 Å². The highest BCUT2D eigenvalue weighted by Crippen LogP contribution is 2.23. The van der Waals surface area contributed by atoms with E-state index in [0.717, 1.165) is 36.6 Å². The van der Waals surface area contributed by atoms with Gasteiger partial charge in [0, 0.05) is 13.1 Å². The smallest absolute Gasteiger partial charge is 0.203 e. The van der Waals surface area contributed by atoms with Crippen molar-refractivity contribution in [3.63, 3.8) is 0 Å². The quantitative estimate of drug-likeness (QED) is 0.869. The number of halogens is 1. The molecule has 1 atom stereocenters. The van der Waals surface area contributed by atoms with E-state index in [2.05, 4.69) is 20.2 Å². The molecule has 1 aliphatic rings. The molecule has 5 heteroatoms. The topological polar surface area (TPSA) is 44.0 Å². The number of hydrogen-bond acceptors (Lipinski definition) is 3. The molecule has 0 radical (unpaired) electrons. The molecule has 0 saturated carbocycles. The number of rotatable bonds is 3. The number of aromatic nitrogens is 2. The third-order valence-electron chi connectivity index (χ3n) is 3.51. The fourth-order valence-corrected chi connectivity index (χ4v) is 2.60. The first-order valence-electron chi connectivity index (χ1n) is 6.31. The third-order valence-corrected chi connectivity index (χ3v) is 3.51. The summed E-state index contributed by atoms with van der Waals surface area (Å²) in [7, 11) is 1.98. The van der Waals surface area contributed by atoms with Gasteiger partial charge < -0.3 is 15.2 Å². The molecule has 1 aliphatic heterocycles. The number of benzene rings is 1. The van der Waals surface area contributed by atoms with Crippen molar-refractivity contribution >= 4 is 17.0 Å². The van der Waals surface area contributed by atoms with Crippen LogP contribution in [-0.2, 0) is 0 Å². The third kappa shape index (κ3) is 2.06. The molecule has 0 aliphatic carbocycles. The van der Waals surface area contributed by atoms with E-state index in [0.29, 0.717) is 5.92 Å². The molecule has 1 aromatic heterocycles. The highest BCUT2D eigenvalue weighted by molar-refractivity contribution is 5.77. The van der Waals surface area contributed by atoms with Gasteiger partial charge in [0.2, 0.25) is 5.95 Å². The molecule has 2 heterocycles. The Morgan fingerprint density at radius 2 is 2.44 bits per heavy atom. The first kappa shape index (κ1) is 11.5. The number of H-pyrrole nitrogens is 1. The van der Waals surface area contributed by atoms with Crippen LogP contribution in [-0.4, -0.2) is 36.6 Å². The molecule has 1 aromatic carbocycles. The van der Waals surface area contributed by atoms with Crippen LogP contribution >= 0.6 is 0 Å². The van der Waals surface area contributed by atoms with E-state index >= 15 is 0 Å². The summed E-state index contributed by atoms with van der Waals surface area (Å²) in [5, 5.41) is 3.21. The molecule has 2 N–H and O–H groups in total. The van der Waals surface area contributed by atoms with Crippen LogP contribution in [0.4, 0.5) is 10.3 Å². The predicted octanol–water partition coefficient (Wildman–Crippen LogP) is 1.75. The van der Waals surface area contributed by atoms with Crippen LogP contribution < -0.4 is 10.2 Å². The van der Waals surface area contributed by atoms with Gasteiger partial charge in [0.25, 0.3) is 0 Å². The van der Waals surface area contributed by atoms with Crippen molar-refractivity contribution in [2.45, 2.75) is 6.42 Å². The lowest BCUT2D eigenvalue weighted by Crippen LogP contribution is -2.24. The van der Waals surface area contributed by atoms with Gasteiger partial charge >= 0.3 is 0 Å². The molecule has 4 nitrogen and oxygen atoms in total. The van der Waals surface area contributed by atoms with Crippen LogP contribution in [0.25, 0.3) is 11.0 Å². The van der Waals surface area contributed by atoms with E-state index in [1.54, 1.807) is 6.07 Å². The molecule has 0 spiro atoms. The molecule has 3 rings (SSSR count). The maximum atomic E-state index is 13.1. The van der Waals surface area contributed by atoms with E-state index in [9.17, 15) is 4.39 Å². The fraction of sp³-hybridized carbons (Fsp3) is 0.462. The van der Waals surface area contributed by atoms with Crippen molar-refractivity contribution in [1.82, 2.24) is 15.3 Å². The Bertz CT molecular complexity index is 551.